The summed E-state index contributed by atoms with van der Waals surface area (Å²) in [6, 6.07) is 10.4. The highest BCUT2D eigenvalue weighted by atomic mass is 16.2. The molecular formula is C23H31N5O. The highest BCUT2D eigenvalue weighted by Crippen LogP contribution is 2.33. The van der Waals surface area contributed by atoms with Gasteiger partial charge >= 0.3 is 0 Å². The molecule has 4 rings (SSSR count). The van der Waals surface area contributed by atoms with Gasteiger partial charge in [0.25, 0.3) is 0 Å². The number of aromatic nitrogens is 2. The van der Waals surface area contributed by atoms with Crippen LogP contribution < -0.4 is 4.90 Å². The summed E-state index contributed by atoms with van der Waals surface area (Å²) in [5.74, 6) is 1.33. The monoisotopic (exact) mass is 393 g/mol. The zero-order valence-corrected chi connectivity index (χ0v) is 17.5. The van der Waals surface area contributed by atoms with Crippen LogP contribution in [0.3, 0.4) is 0 Å². The molecule has 2 fully saturated rings. The zero-order valence-electron chi connectivity index (χ0n) is 17.5. The fourth-order valence-corrected chi connectivity index (χ4v) is 4.43. The molecule has 1 aromatic heterocycles. The first-order valence-corrected chi connectivity index (χ1v) is 10.7. The Balaban J connectivity index is 1.57. The summed E-state index contributed by atoms with van der Waals surface area (Å²) in [5, 5.41) is 0. The summed E-state index contributed by atoms with van der Waals surface area (Å²) in [7, 11) is 3.95. The van der Waals surface area contributed by atoms with Gasteiger partial charge in [0, 0.05) is 51.4 Å². The lowest BCUT2D eigenvalue weighted by Gasteiger charge is -2.34. The van der Waals surface area contributed by atoms with E-state index in [0.29, 0.717) is 12.5 Å². The van der Waals surface area contributed by atoms with E-state index in [1.807, 2.05) is 36.2 Å². The minimum atomic E-state index is 0.281. The van der Waals surface area contributed by atoms with Crippen molar-refractivity contribution in [3.63, 3.8) is 0 Å². The maximum absolute atomic E-state index is 12.6. The number of nitrogens with zero attached hydrogens (tertiary/aromatic N) is 5. The Morgan fingerprint density at radius 1 is 1.10 bits per heavy atom. The van der Waals surface area contributed by atoms with Gasteiger partial charge in [-0.3, -0.25) is 9.69 Å². The van der Waals surface area contributed by atoms with Crippen molar-refractivity contribution >= 4 is 11.9 Å². The van der Waals surface area contributed by atoms with E-state index in [1.165, 1.54) is 0 Å². The van der Waals surface area contributed by atoms with Gasteiger partial charge < -0.3 is 9.80 Å². The van der Waals surface area contributed by atoms with Crippen molar-refractivity contribution in [2.75, 3.05) is 51.7 Å². The second-order valence-corrected chi connectivity index (χ2v) is 8.39. The molecule has 6 nitrogen and oxygen atoms in total. The Hall–Kier alpha value is -2.47. The van der Waals surface area contributed by atoms with Gasteiger partial charge in [-0.1, -0.05) is 30.3 Å². The highest BCUT2D eigenvalue weighted by Gasteiger charge is 2.28. The Kier molecular flexibility index (Phi) is 6.09. The molecule has 154 valence electrons. The molecule has 0 unspecified atom stereocenters. The summed E-state index contributed by atoms with van der Waals surface area (Å²) in [5.41, 5.74) is 3.36. The Labute approximate surface area is 173 Å². The van der Waals surface area contributed by atoms with Crippen LogP contribution in [0.2, 0.25) is 0 Å². The minimum absolute atomic E-state index is 0.281. The fraction of sp³-hybridized carbons (Fsp3) is 0.522. The molecule has 29 heavy (non-hydrogen) atoms. The van der Waals surface area contributed by atoms with Crippen LogP contribution in [0.25, 0.3) is 11.1 Å². The van der Waals surface area contributed by atoms with Crippen molar-refractivity contribution in [3.05, 3.63) is 42.2 Å². The minimum Gasteiger partial charge on any atom is -0.347 e. The molecule has 0 N–H and O–H groups in total. The SMILES string of the molecule is CN(C)c1ncc(-c2ccccc2)c([C@@H]2CCCN(CC(=O)N3CCCC3)C2)n1. The summed E-state index contributed by atoms with van der Waals surface area (Å²) in [4.78, 5) is 28.5. The van der Waals surface area contributed by atoms with Gasteiger partial charge in [-0.05, 0) is 37.8 Å². The first-order valence-electron chi connectivity index (χ1n) is 10.7. The molecule has 0 spiro atoms. The number of amides is 1. The van der Waals surface area contributed by atoms with Gasteiger partial charge in [0.05, 0.1) is 12.2 Å². The molecule has 2 saturated heterocycles. The van der Waals surface area contributed by atoms with Crippen molar-refractivity contribution in [3.8, 4) is 11.1 Å². The number of carbonyl (C=O) groups excluding carboxylic acids is 1. The van der Waals surface area contributed by atoms with E-state index in [9.17, 15) is 4.79 Å². The third-order valence-corrected chi connectivity index (χ3v) is 6.00. The van der Waals surface area contributed by atoms with E-state index in [4.69, 9.17) is 4.98 Å². The van der Waals surface area contributed by atoms with E-state index >= 15 is 0 Å². The number of anilines is 1. The van der Waals surface area contributed by atoms with Crippen molar-refractivity contribution in [1.82, 2.24) is 19.8 Å². The van der Waals surface area contributed by atoms with Gasteiger partial charge in [-0.25, -0.2) is 9.97 Å². The molecule has 0 radical (unpaired) electrons. The Morgan fingerprint density at radius 2 is 1.86 bits per heavy atom. The molecule has 0 bridgehead atoms. The number of hydrogen-bond donors (Lipinski definition) is 0. The van der Waals surface area contributed by atoms with Crippen LogP contribution >= 0.6 is 0 Å². The van der Waals surface area contributed by atoms with Crippen LogP contribution in [0.1, 0.15) is 37.3 Å². The quantitative estimate of drug-likeness (QED) is 0.782. The summed E-state index contributed by atoms with van der Waals surface area (Å²) < 4.78 is 0. The number of piperidine rings is 1. The van der Waals surface area contributed by atoms with E-state index < -0.39 is 0 Å². The fourth-order valence-electron chi connectivity index (χ4n) is 4.43. The van der Waals surface area contributed by atoms with Crippen molar-refractivity contribution in [2.45, 2.75) is 31.6 Å². The van der Waals surface area contributed by atoms with E-state index in [-0.39, 0.29) is 5.91 Å². The Morgan fingerprint density at radius 3 is 2.59 bits per heavy atom. The average molecular weight is 394 g/mol. The number of benzene rings is 1. The van der Waals surface area contributed by atoms with E-state index in [0.717, 1.165) is 74.6 Å². The van der Waals surface area contributed by atoms with Crippen LogP contribution in [0.5, 0.6) is 0 Å². The predicted octanol–water partition coefficient (Wildman–Crippen LogP) is 3.01. The third-order valence-electron chi connectivity index (χ3n) is 6.00. The van der Waals surface area contributed by atoms with Crippen LogP contribution in [-0.4, -0.2) is 72.5 Å². The normalized spacial score (nSPS) is 20.1. The van der Waals surface area contributed by atoms with E-state index in [1.54, 1.807) is 0 Å². The van der Waals surface area contributed by atoms with Crippen molar-refractivity contribution < 1.29 is 4.79 Å². The van der Waals surface area contributed by atoms with Crippen molar-refractivity contribution in [1.29, 1.82) is 0 Å². The van der Waals surface area contributed by atoms with E-state index in [2.05, 4.69) is 34.1 Å². The number of carbonyl (C=O) groups is 1. The molecule has 2 aliphatic rings. The molecular weight excluding hydrogens is 362 g/mol. The standard InChI is InChI=1S/C23H31N5O/c1-26(2)23-24-15-20(18-9-4-3-5-10-18)22(25-23)19-11-8-12-27(16-19)17-21(29)28-13-6-7-14-28/h3-5,9-10,15,19H,6-8,11-14,16-17H2,1-2H3/t19-/m1/s1. The molecule has 1 amide bonds. The van der Waals surface area contributed by atoms with Gasteiger partial charge in [0.2, 0.25) is 11.9 Å². The second kappa shape index (κ2) is 8.91. The first kappa shape index (κ1) is 19.8. The smallest absolute Gasteiger partial charge is 0.236 e. The van der Waals surface area contributed by atoms with Crippen LogP contribution in [0, 0.1) is 0 Å². The number of likely N-dealkylation sites (tertiary alicyclic amines) is 2. The predicted molar refractivity (Wildman–Crippen MR) is 116 cm³/mol. The summed E-state index contributed by atoms with van der Waals surface area (Å²) in [6.45, 7) is 4.24. The third kappa shape index (κ3) is 4.58. The number of rotatable bonds is 5. The molecule has 6 heteroatoms. The van der Waals surface area contributed by atoms with Gasteiger partial charge in [0.15, 0.2) is 0 Å². The number of hydrogen-bond acceptors (Lipinski definition) is 5. The molecule has 2 aromatic rings. The maximum atomic E-state index is 12.6. The largest absolute Gasteiger partial charge is 0.347 e. The molecule has 0 aliphatic carbocycles. The summed E-state index contributed by atoms with van der Waals surface area (Å²) in [6.07, 6.45) is 6.43. The zero-order chi connectivity index (χ0) is 20.2. The van der Waals surface area contributed by atoms with Gasteiger partial charge in [-0.15, -0.1) is 0 Å². The topological polar surface area (TPSA) is 52.6 Å². The molecule has 0 saturated carbocycles. The molecule has 3 heterocycles. The lowest BCUT2D eigenvalue weighted by Crippen LogP contribution is -2.43. The molecule has 1 aromatic carbocycles. The van der Waals surface area contributed by atoms with Gasteiger partial charge in [-0.2, -0.15) is 0 Å². The highest BCUT2D eigenvalue weighted by molar-refractivity contribution is 5.78. The Bertz CT molecular complexity index is 832. The lowest BCUT2D eigenvalue weighted by molar-refractivity contribution is -0.131. The lowest BCUT2D eigenvalue weighted by atomic mass is 9.90. The molecule has 1 atom stereocenters. The maximum Gasteiger partial charge on any atom is 0.236 e. The van der Waals surface area contributed by atoms with Crippen LogP contribution in [0.15, 0.2) is 36.5 Å². The average Bonchev–Trinajstić information content (AvgIpc) is 3.29. The molecule has 2 aliphatic heterocycles. The summed E-state index contributed by atoms with van der Waals surface area (Å²) >= 11 is 0. The second-order valence-electron chi connectivity index (χ2n) is 8.39. The van der Waals surface area contributed by atoms with Crippen molar-refractivity contribution in [2.24, 2.45) is 0 Å². The van der Waals surface area contributed by atoms with Crippen LogP contribution in [-0.2, 0) is 4.79 Å². The van der Waals surface area contributed by atoms with Gasteiger partial charge in [0.1, 0.15) is 0 Å². The van der Waals surface area contributed by atoms with Crippen LogP contribution in [0.4, 0.5) is 5.95 Å². The first-order chi connectivity index (χ1) is 14.1.